The minimum absolute atomic E-state index is 0.192. The summed E-state index contributed by atoms with van der Waals surface area (Å²) in [7, 11) is 0. The number of benzene rings is 2. The van der Waals surface area contributed by atoms with Gasteiger partial charge < -0.3 is 5.32 Å². The van der Waals surface area contributed by atoms with Crippen LogP contribution in [0.3, 0.4) is 0 Å². The van der Waals surface area contributed by atoms with E-state index in [2.05, 4.69) is 73.8 Å². The maximum absolute atomic E-state index is 5.11. The molecule has 0 fully saturated rings. The van der Waals surface area contributed by atoms with Gasteiger partial charge in [0.25, 0.3) is 0 Å². The molecule has 5 rings (SSSR count). The van der Waals surface area contributed by atoms with Crippen LogP contribution in [0.15, 0.2) is 60.7 Å². The van der Waals surface area contributed by atoms with Crippen molar-refractivity contribution in [2.75, 3.05) is 5.32 Å². The molecule has 2 aromatic carbocycles. The smallest absolute Gasteiger partial charge is 0.165 e. The van der Waals surface area contributed by atoms with E-state index in [0.29, 0.717) is 0 Å². The molecule has 0 bridgehead atoms. The molecule has 4 nitrogen and oxygen atoms in total. The highest BCUT2D eigenvalue weighted by Gasteiger charge is 2.24. The van der Waals surface area contributed by atoms with Crippen molar-refractivity contribution in [3.8, 4) is 11.1 Å². The lowest BCUT2D eigenvalue weighted by Gasteiger charge is -2.23. The van der Waals surface area contributed by atoms with Crippen LogP contribution in [0.5, 0.6) is 0 Å². The van der Waals surface area contributed by atoms with Gasteiger partial charge in [0, 0.05) is 22.9 Å². The van der Waals surface area contributed by atoms with E-state index in [-0.39, 0.29) is 6.04 Å². The van der Waals surface area contributed by atoms with Crippen LogP contribution >= 0.6 is 0 Å². The average Bonchev–Trinajstić information content (AvgIpc) is 3.10. The third-order valence-electron chi connectivity index (χ3n) is 5.93. The summed E-state index contributed by atoms with van der Waals surface area (Å²) in [5.41, 5.74) is 8.10. The van der Waals surface area contributed by atoms with Crippen LogP contribution in [0, 0.1) is 6.92 Å². The second-order valence-electron chi connectivity index (χ2n) is 7.93. The molecule has 0 aliphatic heterocycles. The fourth-order valence-corrected chi connectivity index (χ4v) is 4.42. The monoisotopic (exact) mass is 382 g/mol. The van der Waals surface area contributed by atoms with Crippen LogP contribution in [0.25, 0.3) is 16.8 Å². The van der Waals surface area contributed by atoms with Crippen molar-refractivity contribution in [1.82, 2.24) is 14.6 Å². The lowest BCUT2D eigenvalue weighted by atomic mass is 9.95. The number of aryl methyl sites for hydroxylation is 2. The SMILES string of the molecule is Cc1nn2c(N[C@H](C)c3ccccc3)c3c(nc2c1-c1ccccc1)CCCC3. The molecule has 1 N–H and O–H groups in total. The van der Waals surface area contributed by atoms with Gasteiger partial charge >= 0.3 is 0 Å². The standard InChI is InChI=1S/C25H26N4/c1-17(19-11-5-3-6-12-19)26-24-21-15-9-10-16-22(21)27-25-23(18(2)28-29(24)25)20-13-7-4-8-14-20/h3-8,11-14,17,26H,9-10,15-16H2,1-2H3/t17-/m1/s1. The summed E-state index contributed by atoms with van der Waals surface area (Å²) in [6.45, 7) is 4.30. The molecule has 29 heavy (non-hydrogen) atoms. The molecule has 2 heterocycles. The Balaban J connectivity index is 1.70. The summed E-state index contributed by atoms with van der Waals surface area (Å²) in [5, 5.41) is 8.72. The highest BCUT2D eigenvalue weighted by molar-refractivity contribution is 5.81. The Morgan fingerprint density at radius 1 is 0.931 bits per heavy atom. The normalized spacial score (nSPS) is 14.6. The lowest BCUT2D eigenvalue weighted by Crippen LogP contribution is -2.17. The first-order valence-corrected chi connectivity index (χ1v) is 10.5. The van der Waals surface area contributed by atoms with Crippen LogP contribution in [0.2, 0.25) is 0 Å². The summed E-state index contributed by atoms with van der Waals surface area (Å²) in [6, 6.07) is 21.3. The third kappa shape index (κ3) is 3.19. The second kappa shape index (κ2) is 7.36. The molecule has 1 atom stereocenters. The molecule has 1 aliphatic carbocycles. The van der Waals surface area contributed by atoms with Gasteiger partial charge in [0.2, 0.25) is 0 Å². The topological polar surface area (TPSA) is 42.2 Å². The fraction of sp³-hybridized carbons (Fsp3) is 0.280. The number of hydrogen-bond acceptors (Lipinski definition) is 3. The first-order valence-electron chi connectivity index (χ1n) is 10.5. The predicted octanol–water partition coefficient (Wildman–Crippen LogP) is 5.76. The Labute approximate surface area is 171 Å². The first kappa shape index (κ1) is 17.9. The van der Waals surface area contributed by atoms with Gasteiger partial charge in [-0.15, -0.1) is 0 Å². The van der Waals surface area contributed by atoms with Gasteiger partial charge in [-0.3, -0.25) is 0 Å². The van der Waals surface area contributed by atoms with Gasteiger partial charge in [0.15, 0.2) is 5.65 Å². The van der Waals surface area contributed by atoms with Gasteiger partial charge in [-0.05, 0) is 50.7 Å². The van der Waals surface area contributed by atoms with E-state index in [1.165, 1.54) is 35.2 Å². The van der Waals surface area contributed by atoms with Gasteiger partial charge in [-0.1, -0.05) is 60.7 Å². The Hall–Kier alpha value is -3.14. The molecule has 4 aromatic rings. The highest BCUT2D eigenvalue weighted by atomic mass is 15.3. The molecule has 0 unspecified atom stereocenters. The second-order valence-corrected chi connectivity index (χ2v) is 7.93. The van der Waals surface area contributed by atoms with Gasteiger partial charge in [0.05, 0.1) is 5.69 Å². The number of rotatable bonds is 4. The molecule has 0 saturated heterocycles. The zero-order valence-corrected chi connectivity index (χ0v) is 17.0. The number of aromatic nitrogens is 3. The van der Waals surface area contributed by atoms with E-state index >= 15 is 0 Å². The zero-order chi connectivity index (χ0) is 19.8. The van der Waals surface area contributed by atoms with Gasteiger partial charge in [-0.25, -0.2) is 4.98 Å². The van der Waals surface area contributed by atoms with Crippen molar-refractivity contribution in [3.05, 3.63) is 83.2 Å². The van der Waals surface area contributed by atoms with E-state index in [1.54, 1.807) is 0 Å². The first-order chi connectivity index (χ1) is 14.2. The van der Waals surface area contributed by atoms with Crippen LogP contribution in [0.1, 0.15) is 48.3 Å². The summed E-state index contributed by atoms with van der Waals surface area (Å²) in [5.74, 6) is 1.10. The molecule has 4 heteroatoms. The van der Waals surface area contributed by atoms with Gasteiger partial charge in [0.1, 0.15) is 5.82 Å². The van der Waals surface area contributed by atoms with Crippen LogP contribution in [-0.2, 0) is 12.8 Å². The number of anilines is 1. The van der Waals surface area contributed by atoms with Crippen molar-refractivity contribution >= 4 is 11.5 Å². The van der Waals surface area contributed by atoms with Crippen LogP contribution < -0.4 is 5.32 Å². The number of nitrogens with one attached hydrogen (secondary N) is 1. The minimum Gasteiger partial charge on any atom is -0.363 e. The Morgan fingerprint density at radius 2 is 1.62 bits per heavy atom. The molecule has 0 amide bonds. The summed E-state index contributed by atoms with van der Waals surface area (Å²) in [6.07, 6.45) is 4.51. The number of hydrogen-bond donors (Lipinski definition) is 1. The molecule has 0 saturated carbocycles. The number of nitrogens with zero attached hydrogens (tertiary/aromatic N) is 3. The molecule has 2 aromatic heterocycles. The highest BCUT2D eigenvalue weighted by Crippen LogP contribution is 2.35. The van der Waals surface area contributed by atoms with Crippen molar-refractivity contribution in [3.63, 3.8) is 0 Å². The minimum atomic E-state index is 0.192. The number of fused-ring (bicyclic) bond motifs is 2. The molecule has 146 valence electrons. The van der Waals surface area contributed by atoms with E-state index in [0.717, 1.165) is 35.6 Å². The maximum atomic E-state index is 5.11. The van der Waals surface area contributed by atoms with Gasteiger partial charge in [-0.2, -0.15) is 9.61 Å². The third-order valence-corrected chi connectivity index (χ3v) is 5.93. The lowest BCUT2D eigenvalue weighted by molar-refractivity contribution is 0.658. The van der Waals surface area contributed by atoms with Crippen molar-refractivity contribution in [1.29, 1.82) is 0 Å². The zero-order valence-electron chi connectivity index (χ0n) is 17.0. The predicted molar refractivity (Wildman–Crippen MR) is 118 cm³/mol. The summed E-state index contributed by atoms with van der Waals surface area (Å²) < 4.78 is 2.04. The van der Waals surface area contributed by atoms with Crippen LogP contribution in [0.4, 0.5) is 5.82 Å². The molecule has 0 radical (unpaired) electrons. The maximum Gasteiger partial charge on any atom is 0.165 e. The fourth-order valence-electron chi connectivity index (χ4n) is 4.42. The quantitative estimate of drug-likeness (QED) is 0.488. The Kier molecular flexibility index (Phi) is 4.55. The summed E-state index contributed by atoms with van der Waals surface area (Å²) in [4.78, 5) is 5.11. The Bertz CT molecular complexity index is 1150. The van der Waals surface area contributed by atoms with E-state index in [9.17, 15) is 0 Å². The average molecular weight is 383 g/mol. The van der Waals surface area contributed by atoms with E-state index < -0.39 is 0 Å². The van der Waals surface area contributed by atoms with Crippen molar-refractivity contribution in [2.45, 2.75) is 45.6 Å². The van der Waals surface area contributed by atoms with Crippen molar-refractivity contribution in [2.24, 2.45) is 0 Å². The molecule has 1 aliphatic rings. The molecular formula is C25H26N4. The van der Waals surface area contributed by atoms with Crippen LogP contribution in [-0.4, -0.2) is 14.6 Å². The molecule has 0 spiro atoms. The van der Waals surface area contributed by atoms with Crippen molar-refractivity contribution < 1.29 is 0 Å². The van der Waals surface area contributed by atoms with E-state index in [1.807, 2.05) is 10.6 Å². The Morgan fingerprint density at radius 3 is 2.38 bits per heavy atom. The largest absolute Gasteiger partial charge is 0.363 e. The molecular weight excluding hydrogens is 356 g/mol. The van der Waals surface area contributed by atoms with E-state index in [4.69, 9.17) is 10.1 Å². The summed E-state index contributed by atoms with van der Waals surface area (Å²) >= 11 is 0.